The van der Waals surface area contributed by atoms with Crippen LogP contribution in [0.25, 0.3) is 0 Å². The highest BCUT2D eigenvalue weighted by Gasteiger charge is 2.36. The van der Waals surface area contributed by atoms with Crippen molar-refractivity contribution in [1.29, 1.82) is 0 Å². The third-order valence-electron chi connectivity index (χ3n) is 7.55. The first-order valence-corrected chi connectivity index (χ1v) is 12.8. The van der Waals surface area contributed by atoms with E-state index in [-0.39, 0.29) is 24.9 Å². The number of carboxylic acids is 1. The van der Waals surface area contributed by atoms with E-state index >= 15 is 0 Å². The molecule has 1 saturated carbocycles. The van der Waals surface area contributed by atoms with Gasteiger partial charge >= 0.3 is 12.1 Å². The SMILES string of the molecule is CN[C@@H](CC(=O)O)C(=O)N1CCc2c1ccc(OCc1ccc(C3CCCCC3)c(C(F)(F)F)c1)c2C. The Balaban J connectivity index is 1.51. The van der Waals surface area contributed by atoms with Crippen LogP contribution in [0, 0.1) is 6.92 Å². The minimum atomic E-state index is -4.42. The van der Waals surface area contributed by atoms with Gasteiger partial charge in [-0.2, -0.15) is 13.2 Å². The van der Waals surface area contributed by atoms with Gasteiger partial charge in [0.25, 0.3) is 0 Å². The molecule has 2 N–H and O–H groups in total. The summed E-state index contributed by atoms with van der Waals surface area (Å²) in [6, 6.07) is 7.19. The van der Waals surface area contributed by atoms with Gasteiger partial charge in [0.1, 0.15) is 12.4 Å². The Morgan fingerprint density at radius 1 is 1.16 bits per heavy atom. The molecule has 0 spiro atoms. The molecule has 1 aliphatic heterocycles. The molecule has 2 aromatic carbocycles. The first-order chi connectivity index (χ1) is 17.6. The molecular weight excluding hydrogens is 485 g/mol. The lowest BCUT2D eigenvalue weighted by Gasteiger charge is -2.25. The van der Waals surface area contributed by atoms with Gasteiger partial charge in [0.2, 0.25) is 5.91 Å². The molecule has 2 aromatic rings. The van der Waals surface area contributed by atoms with Crippen molar-refractivity contribution in [2.45, 2.75) is 76.6 Å². The Bertz CT molecular complexity index is 1160. The molecule has 1 atom stereocenters. The maximum Gasteiger partial charge on any atom is 0.416 e. The number of carbonyl (C=O) groups excluding carboxylic acids is 1. The number of fused-ring (bicyclic) bond motifs is 1. The van der Waals surface area contributed by atoms with Gasteiger partial charge in [-0.15, -0.1) is 0 Å². The zero-order valence-electron chi connectivity index (χ0n) is 21.2. The van der Waals surface area contributed by atoms with Gasteiger partial charge < -0.3 is 20.1 Å². The van der Waals surface area contributed by atoms with Gasteiger partial charge in [-0.1, -0.05) is 31.4 Å². The third kappa shape index (κ3) is 5.92. The lowest BCUT2D eigenvalue weighted by molar-refractivity contribution is -0.139. The van der Waals surface area contributed by atoms with Crippen LogP contribution in [0.1, 0.15) is 72.3 Å². The van der Waals surface area contributed by atoms with Crippen molar-refractivity contribution in [3.63, 3.8) is 0 Å². The quantitative estimate of drug-likeness (QED) is 0.476. The molecule has 1 heterocycles. The minimum Gasteiger partial charge on any atom is -0.489 e. The normalized spacial score (nSPS) is 16.9. The fraction of sp³-hybridized carbons (Fsp3) is 0.500. The van der Waals surface area contributed by atoms with E-state index < -0.39 is 23.8 Å². The highest BCUT2D eigenvalue weighted by Crippen LogP contribution is 2.41. The fourth-order valence-electron chi connectivity index (χ4n) is 5.56. The molecule has 0 unspecified atom stereocenters. The van der Waals surface area contributed by atoms with Crippen LogP contribution in [0.15, 0.2) is 30.3 Å². The van der Waals surface area contributed by atoms with Crippen molar-refractivity contribution in [1.82, 2.24) is 5.32 Å². The lowest BCUT2D eigenvalue weighted by atomic mass is 9.81. The third-order valence-corrected chi connectivity index (χ3v) is 7.55. The van der Waals surface area contributed by atoms with Crippen LogP contribution in [0.4, 0.5) is 18.9 Å². The molecule has 2 aliphatic rings. The number of carbonyl (C=O) groups is 2. The number of rotatable bonds is 8. The molecule has 0 saturated heterocycles. The number of benzene rings is 2. The van der Waals surface area contributed by atoms with Crippen LogP contribution < -0.4 is 15.0 Å². The van der Waals surface area contributed by atoms with Gasteiger partial charge in [-0.25, -0.2) is 0 Å². The van der Waals surface area contributed by atoms with Crippen molar-refractivity contribution in [2.75, 3.05) is 18.5 Å². The number of alkyl halides is 3. The molecular formula is C28H33F3N2O4. The zero-order chi connectivity index (χ0) is 26.7. The summed E-state index contributed by atoms with van der Waals surface area (Å²) in [5.74, 6) is -0.876. The molecule has 1 amide bonds. The molecule has 6 nitrogen and oxygen atoms in total. The average Bonchev–Trinajstić information content (AvgIpc) is 3.31. The van der Waals surface area contributed by atoms with Gasteiger partial charge in [0.05, 0.1) is 18.0 Å². The Hall–Kier alpha value is -3.07. The minimum absolute atomic E-state index is 0.00324. The Morgan fingerprint density at radius 3 is 2.54 bits per heavy atom. The molecule has 1 fully saturated rings. The summed E-state index contributed by atoms with van der Waals surface area (Å²) in [6.07, 6.45) is 0.423. The van der Waals surface area contributed by atoms with Crippen molar-refractivity contribution in [3.8, 4) is 5.75 Å². The summed E-state index contributed by atoms with van der Waals surface area (Å²) in [5, 5.41) is 11.9. The van der Waals surface area contributed by atoms with Crippen molar-refractivity contribution < 1.29 is 32.6 Å². The second-order valence-electron chi connectivity index (χ2n) is 9.91. The van der Waals surface area contributed by atoms with E-state index in [0.29, 0.717) is 35.5 Å². The molecule has 37 heavy (non-hydrogen) atoms. The summed E-state index contributed by atoms with van der Waals surface area (Å²) in [6.45, 7) is 2.28. The molecule has 1 aliphatic carbocycles. The van der Waals surface area contributed by atoms with Crippen LogP contribution in [-0.4, -0.2) is 36.6 Å². The maximum absolute atomic E-state index is 13.9. The number of likely N-dealkylation sites (N-methyl/N-ethyl adjacent to an activating group) is 1. The average molecular weight is 519 g/mol. The largest absolute Gasteiger partial charge is 0.489 e. The number of nitrogens with zero attached hydrogens (tertiary/aromatic N) is 1. The van der Waals surface area contributed by atoms with E-state index in [1.54, 1.807) is 36.2 Å². The highest BCUT2D eigenvalue weighted by molar-refractivity contribution is 6.00. The highest BCUT2D eigenvalue weighted by atomic mass is 19.4. The predicted molar refractivity (Wildman–Crippen MR) is 134 cm³/mol. The van der Waals surface area contributed by atoms with E-state index in [1.807, 2.05) is 6.92 Å². The molecule has 0 aromatic heterocycles. The van der Waals surface area contributed by atoms with Crippen LogP contribution >= 0.6 is 0 Å². The van der Waals surface area contributed by atoms with Gasteiger partial charge in [0, 0.05) is 12.2 Å². The standard InChI is InChI=1S/C28H33F3N2O4/c1-17-20-12-13-33(27(36)23(32-2)15-26(34)35)24(20)10-11-25(17)37-16-18-8-9-21(19-6-4-3-5-7-19)22(14-18)28(29,30)31/h8-11,14,19,23,32H,3-7,12-13,15-16H2,1-2H3,(H,34,35)/t23-/m0/s1. The van der Waals surface area contributed by atoms with Gasteiger partial charge in [-0.05, 0) is 79.6 Å². The topological polar surface area (TPSA) is 78.9 Å². The van der Waals surface area contributed by atoms with E-state index in [9.17, 15) is 22.8 Å². The summed E-state index contributed by atoms with van der Waals surface area (Å²) < 4.78 is 47.7. The van der Waals surface area contributed by atoms with Crippen LogP contribution in [0.2, 0.25) is 0 Å². The number of halogens is 3. The van der Waals surface area contributed by atoms with E-state index in [1.165, 1.54) is 6.07 Å². The van der Waals surface area contributed by atoms with E-state index in [2.05, 4.69) is 5.32 Å². The smallest absolute Gasteiger partial charge is 0.416 e. The summed E-state index contributed by atoms with van der Waals surface area (Å²) in [5.41, 5.74) is 2.71. The summed E-state index contributed by atoms with van der Waals surface area (Å²) >= 11 is 0. The second-order valence-corrected chi connectivity index (χ2v) is 9.91. The second kappa shape index (κ2) is 11.1. The van der Waals surface area contributed by atoms with Crippen molar-refractivity contribution in [3.05, 3.63) is 58.1 Å². The van der Waals surface area contributed by atoms with Crippen LogP contribution in [0.5, 0.6) is 5.75 Å². The van der Waals surface area contributed by atoms with Gasteiger partial charge in [0.15, 0.2) is 0 Å². The molecule has 0 radical (unpaired) electrons. The summed E-state index contributed by atoms with van der Waals surface area (Å²) in [4.78, 5) is 25.6. The Morgan fingerprint density at radius 2 is 1.89 bits per heavy atom. The first-order valence-electron chi connectivity index (χ1n) is 12.8. The number of nitrogens with one attached hydrogen (secondary N) is 1. The van der Waals surface area contributed by atoms with Crippen LogP contribution in [-0.2, 0) is 28.8 Å². The predicted octanol–water partition coefficient (Wildman–Crippen LogP) is 5.59. The molecule has 4 rings (SSSR count). The van der Waals surface area contributed by atoms with Crippen molar-refractivity contribution >= 4 is 17.6 Å². The number of hydrogen-bond acceptors (Lipinski definition) is 4. The summed E-state index contributed by atoms with van der Waals surface area (Å²) in [7, 11) is 1.55. The van der Waals surface area contributed by atoms with E-state index in [4.69, 9.17) is 9.84 Å². The first kappa shape index (κ1) is 27.0. The Kier molecular flexibility index (Phi) is 8.11. The van der Waals surface area contributed by atoms with Crippen LogP contribution in [0.3, 0.4) is 0 Å². The van der Waals surface area contributed by atoms with Crippen molar-refractivity contribution in [2.24, 2.45) is 0 Å². The van der Waals surface area contributed by atoms with Gasteiger partial charge in [-0.3, -0.25) is 9.59 Å². The monoisotopic (exact) mass is 518 g/mol. The number of carboxylic acid groups (broad SMARTS) is 1. The van der Waals surface area contributed by atoms with E-state index in [0.717, 1.165) is 43.2 Å². The number of amides is 1. The number of ether oxygens (including phenoxy) is 1. The fourth-order valence-corrected chi connectivity index (χ4v) is 5.56. The number of hydrogen-bond donors (Lipinski definition) is 2. The Labute approximate surface area is 214 Å². The molecule has 200 valence electrons. The zero-order valence-corrected chi connectivity index (χ0v) is 21.2. The maximum atomic E-state index is 13.9. The lowest BCUT2D eigenvalue weighted by Crippen LogP contribution is -2.45. The molecule has 0 bridgehead atoms. The number of aliphatic carboxylic acids is 1. The molecule has 9 heteroatoms. The number of anilines is 1.